The Kier molecular flexibility index (Phi) is 9.34. The number of aromatic nitrogens is 4. The smallest absolute Gasteiger partial charge is 0.295 e. The SMILES string of the molecule is O=C(Nc1ccc2nc(-c3ccc(Oc4ccc(-c5nc6ccc(NC(=O)c7ccccc7S(=O)(=O)O)cc6[nH]5)cc4)cc3)[nH]c2c1)c1ccccc1S(=O)(=O)O. The zero-order valence-corrected chi connectivity index (χ0v) is 30.8. The fraction of sp³-hybridized carbons (Fsp3) is 0. The van der Waals surface area contributed by atoms with E-state index in [0.29, 0.717) is 56.6 Å². The summed E-state index contributed by atoms with van der Waals surface area (Å²) in [6, 6.07) is 35.3. The second-order valence-electron chi connectivity index (χ2n) is 12.6. The number of anilines is 2. The number of H-pyrrole nitrogens is 2. The predicted molar refractivity (Wildman–Crippen MR) is 212 cm³/mol. The van der Waals surface area contributed by atoms with Gasteiger partial charge in [0.15, 0.2) is 0 Å². The highest BCUT2D eigenvalue weighted by molar-refractivity contribution is 7.86. The summed E-state index contributed by atoms with van der Waals surface area (Å²) in [6.07, 6.45) is 0. The van der Waals surface area contributed by atoms with E-state index in [1.54, 1.807) is 60.7 Å². The zero-order chi connectivity index (χ0) is 39.9. The summed E-state index contributed by atoms with van der Waals surface area (Å²) in [5.74, 6) is 0.902. The first-order chi connectivity index (χ1) is 27.3. The fourth-order valence-corrected chi connectivity index (χ4v) is 7.48. The molecule has 15 nitrogen and oxygen atoms in total. The number of ether oxygens (including phenoxy) is 1. The van der Waals surface area contributed by atoms with Gasteiger partial charge in [-0.25, -0.2) is 9.97 Å². The van der Waals surface area contributed by atoms with Crippen molar-refractivity contribution in [3.05, 3.63) is 145 Å². The number of nitrogens with zero attached hydrogens (tertiary/aromatic N) is 2. The summed E-state index contributed by atoms with van der Waals surface area (Å²) in [4.78, 5) is 40.5. The van der Waals surface area contributed by atoms with Crippen LogP contribution in [0.4, 0.5) is 11.4 Å². The fourth-order valence-electron chi connectivity index (χ4n) is 6.10. The summed E-state index contributed by atoms with van der Waals surface area (Å²) in [5, 5.41) is 5.32. The summed E-state index contributed by atoms with van der Waals surface area (Å²) >= 11 is 0. The monoisotopic (exact) mass is 800 g/mol. The van der Waals surface area contributed by atoms with Gasteiger partial charge in [-0.05, 0) is 109 Å². The number of rotatable bonds is 10. The van der Waals surface area contributed by atoms with Crippen molar-refractivity contribution in [2.24, 2.45) is 0 Å². The highest BCUT2D eigenvalue weighted by Gasteiger charge is 2.22. The quantitative estimate of drug-likeness (QED) is 0.0739. The van der Waals surface area contributed by atoms with Gasteiger partial charge in [0.25, 0.3) is 32.1 Å². The van der Waals surface area contributed by atoms with Crippen molar-refractivity contribution < 1.29 is 40.3 Å². The maximum absolute atomic E-state index is 12.9. The van der Waals surface area contributed by atoms with Crippen LogP contribution in [0.2, 0.25) is 0 Å². The standard InChI is InChI=1S/C40H28N6O9S2/c47-39(29-5-1-3-7-35(29)56(49,50)51)41-25-13-19-31-33(21-25)45-37(43-31)23-9-15-27(16-10-23)55-28-17-11-24(12-18-28)38-44-32-20-14-26(22-34(32)46-38)42-40(48)30-6-2-4-8-36(30)57(52,53)54/h1-22H,(H,41,47)(H,42,48)(H,43,45)(H,44,46)(H,49,50,51)(H,52,53,54). The van der Waals surface area contributed by atoms with Crippen LogP contribution >= 0.6 is 0 Å². The van der Waals surface area contributed by atoms with Gasteiger partial charge in [-0.1, -0.05) is 24.3 Å². The summed E-state index contributed by atoms with van der Waals surface area (Å²) in [7, 11) is -9.20. The third kappa shape index (κ3) is 7.84. The molecule has 0 atom stereocenters. The van der Waals surface area contributed by atoms with Crippen molar-refractivity contribution >= 4 is 65.5 Å². The topological polar surface area (TPSA) is 234 Å². The first-order valence-corrected chi connectivity index (χ1v) is 19.8. The number of carbonyl (C=O) groups is 2. The van der Waals surface area contributed by atoms with E-state index in [9.17, 15) is 35.5 Å². The maximum atomic E-state index is 12.9. The molecule has 284 valence electrons. The van der Waals surface area contributed by atoms with E-state index in [-0.39, 0.29) is 11.1 Å². The van der Waals surface area contributed by atoms with E-state index in [1.807, 2.05) is 24.3 Å². The molecular formula is C40H28N6O9S2. The van der Waals surface area contributed by atoms with Crippen LogP contribution in [-0.2, 0) is 20.2 Å². The number of nitrogens with one attached hydrogen (secondary N) is 4. The van der Waals surface area contributed by atoms with Crippen LogP contribution in [0.1, 0.15) is 20.7 Å². The largest absolute Gasteiger partial charge is 0.457 e. The molecular weight excluding hydrogens is 773 g/mol. The van der Waals surface area contributed by atoms with E-state index in [2.05, 4.69) is 30.6 Å². The molecule has 2 aromatic heterocycles. The maximum Gasteiger partial charge on any atom is 0.295 e. The highest BCUT2D eigenvalue weighted by Crippen LogP contribution is 2.30. The van der Waals surface area contributed by atoms with Gasteiger partial charge in [0.2, 0.25) is 0 Å². The molecule has 57 heavy (non-hydrogen) atoms. The van der Waals surface area contributed by atoms with Crippen LogP contribution in [0.3, 0.4) is 0 Å². The number of fused-ring (bicyclic) bond motifs is 2. The normalized spacial score (nSPS) is 11.8. The Morgan fingerprint density at radius 3 is 1.30 bits per heavy atom. The summed E-state index contributed by atoms with van der Waals surface area (Å²) in [5.41, 5.74) is 4.48. The van der Waals surface area contributed by atoms with Crippen LogP contribution in [0.15, 0.2) is 143 Å². The lowest BCUT2D eigenvalue weighted by molar-refractivity contribution is 0.101. The van der Waals surface area contributed by atoms with Gasteiger partial charge in [0.1, 0.15) is 32.9 Å². The number of benzene rings is 6. The molecule has 0 unspecified atom stereocenters. The van der Waals surface area contributed by atoms with Gasteiger partial charge in [0.05, 0.1) is 33.2 Å². The molecule has 8 rings (SSSR count). The van der Waals surface area contributed by atoms with Crippen LogP contribution in [0.25, 0.3) is 44.8 Å². The molecule has 6 N–H and O–H groups in total. The Morgan fingerprint density at radius 1 is 0.526 bits per heavy atom. The second kappa shape index (κ2) is 14.5. The van der Waals surface area contributed by atoms with Crippen molar-refractivity contribution in [3.63, 3.8) is 0 Å². The minimum Gasteiger partial charge on any atom is -0.457 e. The van der Waals surface area contributed by atoms with Crippen molar-refractivity contribution in [2.45, 2.75) is 9.79 Å². The Bertz CT molecular complexity index is 2880. The third-order valence-corrected chi connectivity index (χ3v) is 10.6. The average Bonchev–Trinajstić information content (AvgIpc) is 3.82. The van der Waals surface area contributed by atoms with Crippen molar-refractivity contribution in [3.8, 4) is 34.3 Å². The Balaban J connectivity index is 0.918. The predicted octanol–water partition coefficient (Wildman–Crippen LogP) is 7.56. The van der Waals surface area contributed by atoms with E-state index in [1.165, 1.54) is 36.4 Å². The van der Waals surface area contributed by atoms with Gasteiger partial charge in [0, 0.05) is 22.5 Å². The van der Waals surface area contributed by atoms with Gasteiger partial charge >= 0.3 is 0 Å². The highest BCUT2D eigenvalue weighted by atomic mass is 32.2. The van der Waals surface area contributed by atoms with Crippen molar-refractivity contribution in [1.82, 2.24) is 19.9 Å². The van der Waals surface area contributed by atoms with E-state index in [4.69, 9.17) is 4.74 Å². The first kappa shape index (κ1) is 36.8. The first-order valence-electron chi connectivity index (χ1n) is 16.9. The summed E-state index contributed by atoms with van der Waals surface area (Å²) < 4.78 is 72.0. The van der Waals surface area contributed by atoms with Crippen molar-refractivity contribution in [1.29, 1.82) is 0 Å². The molecule has 0 aliphatic rings. The molecule has 8 aromatic rings. The molecule has 0 saturated carbocycles. The molecule has 0 radical (unpaired) electrons. The van der Waals surface area contributed by atoms with Gasteiger partial charge in [-0.2, -0.15) is 16.8 Å². The molecule has 0 aliphatic heterocycles. The van der Waals surface area contributed by atoms with Crippen LogP contribution in [-0.4, -0.2) is 57.7 Å². The lowest BCUT2D eigenvalue weighted by Crippen LogP contribution is -2.16. The number of carbonyl (C=O) groups excluding carboxylic acids is 2. The van der Waals surface area contributed by atoms with Gasteiger partial charge < -0.3 is 25.3 Å². The van der Waals surface area contributed by atoms with Gasteiger partial charge in [-0.15, -0.1) is 0 Å². The van der Waals surface area contributed by atoms with Crippen LogP contribution in [0.5, 0.6) is 11.5 Å². The molecule has 0 saturated heterocycles. The van der Waals surface area contributed by atoms with E-state index >= 15 is 0 Å². The molecule has 0 fully saturated rings. The molecule has 2 amide bonds. The second-order valence-corrected chi connectivity index (χ2v) is 15.4. The molecule has 2 heterocycles. The van der Waals surface area contributed by atoms with E-state index in [0.717, 1.165) is 23.3 Å². The summed E-state index contributed by atoms with van der Waals surface area (Å²) in [6.45, 7) is 0. The Morgan fingerprint density at radius 2 is 0.912 bits per heavy atom. The van der Waals surface area contributed by atoms with E-state index < -0.39 is 41.8 Å². The minimum absolute atomic E-state index is 0.192. The number of aromatic amines is 2. The molecule has 17 heteroatoms. The van der Waals surface area contributed by atoms with Crippen LogP contribution < -0.4 is 15.4 Å². The van der Waals surface area contributed by atoms with Crippen molar-refractivity contribution in [2.75, 3.05) is 10.6 Å². The van der Waals surface area contributed by atoms with Gasteiger partial charge in [-0.3, -0.25) is 18.7 Å². The zero-order valence-electron chi connectivity index (χ0n) is 29.2. The minimum atomic E-state index is -4.60. The number of imidazole rings is 2. The van der Waals surface area contributed by atoms with Crippen LogP contribution in [0, 0.1) is 0 Å². The molecule has 0 aliphatic carbocycles. The lowest BCUT2D eigenvalue weighted by Gasteiger charge is -2.08. The third-order valence-electron chi connectivity index (χ3n) is 8.79. The number of hydrogen-bond donors (Lipinski definition) is 6. The molecule has 0 spiro atoms. The molecule has 6 aromatic carbocycles. The lowest BCUT2D eigenvalue weighted by atomic mass is 10.2. The Labute approximate surface area is 323 Å². The molecule has 0 bridgehead atoms. The average molecular weight is 801 g/mol. The number of amides is 2. The Hall–Kier alpha value is -7.18. The number of hydrogen-bond acceptors (Lipinski definition) is 9.